The minimum atomic E-state index is -0.967. The van der Waals surface area contributed by atoms with Crippen molar-refractivity contribution in [2.24, 2.45) is 11.1 Å². The molecule has 1 aromatic rings. The fraction of sp³-hybridized carbons (Fsp3) is 0.579. The number of carbonyl (C=O) groups is 2. The van der Waals surface area contributed by atoms with Crippen LogP contribution >= 0.6 is 24.8 Å². The van der Waals surface area contributed by atoms with Gasteiger partial charge in [0.1, 0.15) is 5.54 Å². The average Bonchev–Trinajstić information content (AvgIpc) is 2.55. The van der Waals surface area contributed by atoms with E-state index in [1.54, 1.807) is 29.2 Å². The van der Waals surface area contributed by atoms with Gasteiger partial charge < -0.3 is 26.0 Å². The first-order valence-electron chi connectivity index (χ1n) is 8.86. The summed E-state index contributed by atoms with van der Waals surface area (Å²) >= 11 is 0. The van der Waals surface area contributed by atoms with Crippen LogP contribution in [0.5, 0.6) is 0 Å². The molecule has 160 valence electrons. The topological polar surface area (TPSA) is 96.7 Å². The van der Waals surface area contributed by atoms with E-state index in [0.29, 0.717) is 30.9 Å². The van der Waals surface area contributed by atoms with Crippen LogP contribution in [0.15, 0.2) is 24.3 Å². The Labute approximate surface area is 179 Å². The number of nitrogens with one attached hydrogen (secondary N) is 2. The number of rotatable bonds is 7. The molecule has 9 heteroatoms. The van der Waals surface area contributed by atoms with Crippen LogP contribution in [0.25, 0.3) is 0 Å². The number of hydrogen-bond acceptors (Lipinski definition) is 5. The minimum Gasteiger partial charge on any atom is -0.378 e. The highest BCUT2D eigenvalue weighted by atomic mass is 35.5. The van der Waals surface area contributed by atoms with Gasteiger partial charge in [0, 0.05) is 29.8 Å². The number of likely N-dealkylation sites (N-methyl/N-ethyl adjacent to an activating group) is 1. The summed E-state index contributed by atoms with van der Waals surface area (Å²) in [5.41, 5.74) is 6.30. The lowest BCUT2D eigenvalue weighted by atomic mass is 9.54. The maximum atomic E-state index is 12.7. The molecule has 1 saturated carbocycles. The second-order valence-corrected chi connectivity index (χ2v) is 7.66. The summed E-state index contributed by atoms with van der Waals surface area (Å²) in [4.78, 5) is 26.3. The highest BCUT2D eigenvalue weighted by Crippen LogP contribution is 2.50. The minimum absolute atomic E-state index is 0. The molecule has 0 bridgehead atoms. The van der Waals surface area contributed by atoms with Crippen molar-refractivity contribution < 1.29 is 14.3 Å². The number of anilines is 2. The van der Waals surface area contributed by atoms with E-state index in [4.69, 9.17) is 10.5 Å². The molecule has 2 rings (SSSR count). The van der Waals surface area contributed by atoms with Crippen molar-refractivity contribution in [2.45, 2.75) is 38.8 Å². The molecule has 1 aliphatic rings. The summed E-state index contributed by atoms with van der Waals surface area (Å²) in [7, 11) is 3.66. The van der Waals surface area contributed by atoms with Gasteiger partial charge >= 0.3 is 0 Å². The van der Waals surface area contributed by atoms with Crippen molar-refractivity contribution >= 4 is 48.0 Å². The lowest BCUT2D eigenvalue weighted by Crippen LogP contribution is -2.74. The third kappa shape index (κ3) is 5.58. The number of benzene rings is 1. The molecular weight excluding hydrogens is 403 g/mol. The highest BCUT2D eigenvalue weighted by molar-refractivity contribution is 6.00. The number of halogens is 2. The molecule has 2 atom stereocenters. The van der Waals surface area contributed by atoms with Crippen LogP contribution in [0.4, 0.5) is 11.4 Å². The predicted molar refractivity (Wildman–Crippen MR) is 117 cm³/mol. The predicted octanol–water partition coefficient (Wildman–Crippen LogP) is 2.50. The van der Waals surface area contributed by atoms with Crippen LogP contribution in [0, 0.1) is 5.41 Å². The quantitative estimate of drug-likeness (QED) is 0.612. The Balaban J connectivity index is 0.00000364. The second-order valence-electron chi connectivity index (χ2n) is 7.66. The molecule has 0 heterocycles. The molecule has 0 aliphatic heterocycles. The Morgan fingerprint density at radius 3 is 2.07 bits per heavy atom. The second kappa shape index (κ2) is 10.4. The molecule has 1 aromatic carbocycles. The monoisotopic (exact) mass is 434 g/mol. The van der Waals surface area contributed by atoms with Gasteiger partial charge in [0.2, 0.25) is 11.8 Å². The molecule has 1 fully saturated rings. The molecule has 0 spiro atoms. The molecule has 0 radical (unpaired) electrons. The number of hydrogen-bond donors (Lipinski definition) is 3. The van der Waals surface area contributed by atoms with Gasteiger partial charge in [0.05, 0.1) is 12.6 Å². The van der Waals surface area contributed by atoms with Gasteiger partial charge in [-0.05, 0) is 45.3 Å². The summed E-state index contributed by atoms with van der Waals surface area (Å²) in [6.07, 6.45) is 0.482. The van der Waals surface area contributed by atoms with Gasteiger partial charge in [-0.25, -0.2) is 0 Å². The zero-order chi connectivity index (χ0) is 19.5. The molecule has 4 N–H and O–H groups in total. The van der Waals surface area contributed by atoms with Crippen LogP contribution in [-0.2, 0) is 14.3 Å². The standard InChI is InChI=1S/C19H30N4O3.2ClH/c1-6-26-15-11-19(20,18(15,2)3)17(25)22-14-9-7-13(8-10-14)21-16(24)12-23(4)5;;/h7-10,15H,6,11-12,20H2,1-5H3,(H,21,24)(H,22,25);2*1H. The first-order valence-corrected chi connectivity index (χ1v) is 8.86. The van der Waals surface area contributed by atoms with Crippen LogP contribution in [-0.4, -0.2) is 55.6 Å². The Bertz CT molecular complexity index is 668. The van der Waals surface area contributed by atoms with Crippen molar-refractivity contribution in [2.75, 3.05) is 37.9 Å². The summed E-state index contributed by atoms with van der Waals surface area (Å²) in [6, 6.07) is 7.00. The molecule has 2 amide bonds. The lowest BCUT2D eigenvalue weighted by Gasteiger charge is -2.57. The van der Waals surface area contributed by atoms with E-state index in [-0.39, 0.29) is 42.7 Å². The Morgan fingerprint density at radius 2 is 1.64 bits per heavy atom. The molecule has 0 saturated heterocycles. The molecule has 28 heavy (non-hydrogen) atoms. The third-order valence-corrected chi connectivity index (χ3v) is 5.12. The van der Waals surface area contributed by atoms with Crippen LogP contribution in [0.1, 0.15) is 27.2 Å². The molecule has 0 aromatic heterocycles. The number of carbonyl (C=O) groups excluding carboxylic acids is 2. The van der Waals surface area contributed by atoms with E-state index in [0.717, 1.165) is 0 Å². The number of ether oxygens (including phenoxy) is 1. The van der Waals surface area contributed by atoms with Crippen LogP contribution in [0.3, 0.4) is 0 Å². The highest BCUT2D eigenvalue weighted by Gasteiger charge is 2.62. The van der Waals surface area contributed by atoms with Crippen molar-refractivity contribution in [3.8, 4) is 0 Å². The van der Waals surface area contributed by atoms with Crippen molar-refractivity contribution in [1.29, 1.82) is 0 Å². The molecule has 2 unspecified atom stereocenters. The average molecular weight is 435 g/mol. The maximum absolute atomic E-state index is 12.7. The van der Waals surface area contributed by atoms with E-state index in [9.17, 15) is 9.59 Å². The maximum Gasteiger partial charge on any atom is 0.245 e. The Hall–Kier alpha value is -1.38. The molecular formula is C19H32Cl2N4O3. The van der Waals surface area contributed by atoms with Gasteiger partial charge in [-0.3, -0.25) is 9.59 Å². The molecule has 7 nitrogen and oxygen atoms in total. The Kier molecular flexibility index (Phi) is 9.90. The lowest BCUT2D eigenvalue weighted by molar-refractivity contribution is -0.166. The summed E-state index contributed by atoms with van der Waals surface area (Å²) in [5, 5.41) is 5.68. The first-order chi connectivity index (χ1) is 12.1. The third-order valence-electron chi connectivity index (χ3n) is 5.12. The van der Waals surface area contributed by atoms with E-state index >= 15 is 0 Å². The normalized spacial score (nSPS) is 22.3. The Morgan fingerprint density at radius 1 is 1.14 bits per heavy atom. The summed E-state index contributed by atoms with van der Waals surface area (Å²) < 4.78 is 5.67. The van der Waals surface area contributed by atoms with E-state index in [2.05, 4.69) is 10.6 Å². The SMILES string of the molecule is CCOC1CC(N)(C(=O)Nc2ccc(NC(=O)CN(C)C)cc2)C1(C)C.Cl.Cl. The van der Waals surface area contributed by atoms with Gasteiger partial charge in [-0.15, -0.1) is 24.8 Å². The first kappa shape index (κ1) is 26.6. The van der Waals surface area contributed by atoms with E-state index in [1.165, 1.54) is 0 Å². The zero-order valence-corrected chi connectivity index (χ0v) is 18.7. The summed E-state index contributed by atoms with van der Waals surface area (Å²) in [6.45, 7) is 6.77. The largest absolute Gasteiger partial charge is 0.378 e. The number of amides is 2. The van der Waals surface area contributed by atoms with Crippen molar-refractivity contribution in [3.63, 3.8) is 0 Å². The smallest absolute Gasteiger partial charge is 0.245 e. The fourth-order valence-electron chi connectivity index (χ4n) is 3.19. The number of nitrogens with two attached hydrogens (primary N) is 1. The fourth-order valence-corrected chi connectivity index (χ4v) is 3.19. The van der Waals surface area contributed by atoms with Crippen molar-refractivity contribution in [3.05, 3.63) is 24.3 Å². The van der Waals surface area contributed by atoms with Crippen molar-refractivity contribution in [1.82, 2.24) is 4.90 Å². The van der Waals surface area contributed by atoms with Gasteiger partial charge in [-0.1, -0.05) is 13.8 Å². The van der Waals surface area contributed by atoms with Gasteiger partial charge in [0.25, 0.3) is 0 Å². The summed E-state index contributed by atoms with van der Waals surface area (Å²) in [5.74, 6) is -0.311. The van der Waals surface area contributed by atoms with Gasteiger partial charge in [0.15, 0.2) is 0 Å². The van der Waals surface area contributed by atoms with Crippen LogP contribution < -0.4 is 16.4 Å². The van der Waals surface area contributed by atoms with E-state index < -0.39 is 11.0 Å². The van der Waals surface area contributed by atoms with Gasteiger partial charge in [-0.2, -0.15) is 0 Å². The molecule has 1 aliphatic carbocycles. The van der Waals surface area contributed by atoms with Crippen LogP contribution in [0.2, 0.25) is 0 Å². The van der Waals surface area contributed by atoms with E-state index in [1.807, 2.05) is 34.9 Å². The number of nitrogens with zero attached hydrogens (tertiary/aromatic N) is 1. The zero-order valence-electron chi connectivity index (χ0n) is 17.1.